The van der Waals surface area contributed by atoms with Gasteiger partial charge in [0.2, 0.25) is 15.9 Å². The van der Waals surface area contributed by atoms with Gasteiger partial charge in [0, 0.05) is 6.04 Å². The Kier molecular flexibility index (Phi) is 6.10. The maximum atomic E-state index is 12.7. The zero-order chi connectivity index (χ0) is 19.3. The molecule has 0 aromatic heterocycles. The second-order valence-electron chi connectivity index (χ2n) is 6.48. The Morgan fingerprint density at radius 2 is 1.59 bits per heavy atom. The van der Waals surface area contributed by atoms with Gasteiger partial charge in [-0.15, -0.1) is 0 Å². The molecule has 3 N–H and O–H groups in total. The Labute approximate surface area is 158 Å². The smallest absolute Gasteiger partial charge is 0.248 e. The minimum atomic E-state index is -3.79. The van der Waals surface area contributed by atoms with Crippen molar-refractivity contribution in [2.45, 2.75) is 36.6 Å². The van der Waals surface area contributed by atoms with Gasteiger partial charge in [-0.25, -0.2) is 18.6 Å². The summed E-state index contributed by atoms with van der Waals surface area (Å²) < 4.78 is 33.6. The molecular formula is C19H22N2O5S. The summed E-state index contributed by atoms with van der Waals surface area (Å²) in [5, 5.41) is 8.88. The molecule has 2 unspecified atom stereocenters. The van der Waals surface area contributed by atoms with Gasteiger partial charge in [-0.05, 0) is 49.2 Å². The largest absolute Gasteiger partial charge is 0.457 e. The van der Waals surface area contributed by atoms with Crippen LogP contribution in [0.3, 0.4) is 0 Å². The summed E-state index contributed by atoms with van der Waals surface area (Å²) in [5.74, 6) is 0.0369. The summed E-state index contributed by atoms with van der Waals surface area (Å²) in [6.45, 7) is 0. The van der Waals surface area contributed by atoms with Crippen LogP contribution in [0.25, 0.3) is 0 Å². The molecule has 1 saturated carbocycles. The highest BCUT2D eigenvalue weighted by Gasteiger charge is 2.34. The summed E-state index contributed by atoms with van der Waals surface area (Å²) in [7, 11) is -3.79. The summed E-state index contributed by atoms with van der Waals surface area (Å²) >= 11 is 0. The second kappa shape index (κ2) is 8.51. The van der Waals surface area contributed by atoms with E-state index in [9.17, 15) is 13.2 Å². The molecule has 2 atom stereocenters. The van der Waals surface area contributed by atoms with Crippen molar-refractivity contribution in [2.75, 3.05) is 0 Å². The van der Waals surface area contributed by atoms with Crippen LogP contribution in [-0.2, 0) is 14.8 Å². The van der Waals surface area contributed by atoms with E-state index < -0.39 is 27.9 Å². The van der Waals surface area contributed by atoms with E-state index in [0.717, 1.165) is 12.8 Å². The fourth-order valence-electron chi connectivity index (χ4n) is 3.25. The topological polar surface area (TPSA) is 105 Å². The number of sulfonamides is 1. The van der Waals surface area contributed by atoms with Gasteiger partial charge in [-0.2, -0.15) is 0 Å². The molecule has 1 aliphatic rings. The molecule has 1 fully saturated rings. The molecule has 0 spiro atoms. The van der Waals surface area contributed by atoms with E-state index in [1.54, 1.807) is 17.6 Å². The first-order valence-corrected chi connectivity index (χ1v) is 10.3. The van der Waals surface area contributed by atoms with Crippen molar-refractivity contribution in [3.8, 4) is 11.5 Å². The lowest BCUT2D eigenvalue weighted by atomic mass is 9.85. The number of amides is 1. The standard InChI is InChI=1S/C19H22N2O5S/c22-19(20-23)17-8-4-5-9-18(17)21-27(24,25)16-12-10-15(11-13-16)26-14-6-2-1-3-7-14/h1-3,6-7,10-13,17-18,21,23H,4-5,8-9H2,(H,20,22). The molecular weight excluding hydrogens is 368 g/mol. The summed E-state index contributed by atoms with van der Waals surface area (Å²) in [6.07, 6.45) is 2.73. The van der Waals surface area contributed by atoms with E-state index in [2.05, 4.69) is 4.72 Å². The zero-order valence-electron chi connectivity index (χ0n) is 14.7. The first-order chi connectivity index (χ1) is 13.0. The number of ether oxygens (including phenoxy) is 1. The van der Waals surface area contributed by atoms with Crippen molar-refractivity contribution >= 4 is 15.9 Å². The Bertz CT molecular complexity index is 869. The number of para-hydroxylation sites is 1. The van der Waals surface area contributed by atoms with Crippen LogP contribution in [0.5, 0.6) is 11.5 Å². The van der Waals surface area contributed by atoms with E-state index in [0.29, 0.717) is 24.3 Å². The lowest BCUT2D eigenvalue weighted by molar-refractivity contribution is -0.135. The minimum absolute atomic E-state index is 0.0941. The molecule has 2 aromatic carbocycles. The summed E-state index contributed by atoms with van der Waals surface area (Å²) in [4.78, 5) is 11.9. The van der Waals surface area contributed by atoms with Crippen molar-refractivity contribution in [3.63, 3.8) is 0 Å². The number of rotatable bonds is 6. The number of carbonyl (C=O) groups excluding carboxylic acids is 1. The maximum absolute atomic E-state index is 12.7. The molecule has 0 heterocycles. The Balaban J connectivity index is 1.71. The Morgan fingerprint density at radius 1 is 0.963 bits per heavy atom. The number of carbonyl (C=O) groups is 1. The molecule has 0 bridgehead atoms. The third-order valence-electron chi connectivity index (χ3n) is 4.63. The van der Waals surface area contributed by atoms with Gasteiger partial charge in [0.1, 0.15) is 11.5 Å². The number of nitrogens with one attached hydrogen (secondary N) is 2. The van der Waals surface area contributed by atoms with Crippen LogP contribution in [-0.4, -0.2) is 25.6 Å². The van der Waals surface area contributed by atoms with E-state index in [-0.39, 0.29) is 4.90 Å². The normalized spacial score (nSPS) is 20.0. The monoisotopic (exact) mass is 390 g/mol. The van der Waals surface area contributed by atoms with Crippen molar-refractivity contribution in [1.82, 2.24) is 10.2 Å². The van der Waals surface area contributed by atoms with Crippen LogP contribution >= 0.6 is 0 Å². The zero-order valence-corrected chi connectivity index (χ0v) is 15.5. The lowest BCUT2D eigenvalue weighted by Crippen LogP contribution is -2.47. The third kappa shape index (κ3) is 4.85. The molecule has 2 aromatic rings. The van der Waals surface area contributed by atoms with Gasteiger partial charge in [0.25, 0.3) is 0 Å². The summed E-state index contributed by atoms with van der Waals surface area (Å²) in [5.41, 5.74) is 1.63. The molecule has 144 valence electrons. The average Bonchev–Trinajstić information content (AvgIpc) is 2.69. The SMILES string of the molecule is O=C(NO)C1CCCCC1NS(=O)(=O)c1ccc(Oc2ccccc2)cc1. The van der Waals surface area contributed by atoms with Crippen molar-refractivity contribution in [2.24, 2.45) is 5.92 Å². The van der Waals surface area contributed by atoms with Crippen LogP contribution in [0, 0.1) is 5.92 Å². The van der Waals surface area contributed by atoms with E-state index in [1.165, 1.54) is 12.1 Å². The Hall–Kier alpha value is -2.42. The highest BCUT2D eigenvalue weighted by molar-refractivity contribution is 7.89. The molecule has 27 heavy (non-hydrogen) atoms. The van der Waals surface area contributed by atoms with Crippen LogP contribution < -0.4 is 14.9 Å². The van der Waals surface area contributed by atoms with Crippen molar-refractivity contribution < 1.29 is 23.2 Å². The highest BCUT2D eigenvalue weighted by Crippen LogP contribution is 2.27. The van der Waals surface area contributed by atoms with Crippen LogP contribution in [0.15, 0.2) is 59.5 Å². The molecule has 1 aliphatic carbocycles. The third-order valence-corrected chi connectivity index (χ3v) is 6.14. The van der Waals surface area contributed by atoms with Crippen molar-refractivity contribution in [1.29, 1.82) is 0 Å². The van der Waals surface area contributed by atoms with E-state index in [1.807, 2.05) is 30.3 Å². The quantitative estimate of drug-likeness (QED) is 0.520. The van der Waals surface area contributed by atoms with Gasteiger partial charge in [0.05, 0.1) is 10.8 Å². The fourth-order valence-corrected chi connectivity index (χ4v) is 4.56. The molecule has 0 saturated heterocycles. The molecule has 3 rings (SSSR count). The van der Waals surface area contributed by atoms with Gasteiger partial charge >= 0.3 is 0 Å². The maximum Gasteiger partial charge on any atom is 0.248 e. The molecule has 0 radical (unpaired) electrons. The van der Waals surface area contributed by atoms with Crippen LogP contribution in [0.2, 0.25) is 0 Å². The predicted octanol–water partition coefficient (Wildman–Crippen LogP) is 2.82. The van der Waals surface area contributed by atoms with Gasteiger partial charge in [-0.3, -0.25) is 10.0 Å². The summed E-state index contributed by atoms with van der Waals surface area (Å²) in [6, 6.07) is 14.7. The average molecular weight is 390 g/mol. The lowest BCUT2D eigenvalue weighted by Gasteiger charge is -2.30. The molecule has 8 heteroatoms. The van der Waals surface area contributed by atoms with Crippen LogP contribution in [0.4, 0.5) is 0 Å². The number of hydroxylamine groups is 1. The van der Waals surface area contributed by atoms with E-state index >= 15 is 0 Å². The first kappa shape index (κ1) is 19.3. The predicted molar refractivity (Wildman–Crippen MR) is 99.0 cm³/mol. The van der Waals surface area contributed by atoms with E-state index in [4.69, 9.17) is 9.94 Å². The number of hydrogen-bond donors (Lipinski definition) is 3. The number of benzene rings is 2. The van der Waals surface area contributed by atoms with Gasteiger partial charge < -0.3 is 4.74 Å². The second-order valence-corrected chi connectivity index (χ2v) is 8.20. The first-order valence-electron chi connectivity index (χ1n) is 8.79. The fraction of sp³-hybridized carbons (Fsp3) is 0.316. The van der Waals surface area contributed by atoms with Gasteiger partial charge in [0.15, 0.2) is 0 Å². The molecule has 7 nitrogen and oxygen atoms in total. The molecule has 1 amide bonds. The van der Waals surface area contributed by atoms with Crippen LogP contribution in [0.1, 0.15) is 25.7 Å². The number of hydrogen-bond acceptors (Lipinski definition) is 5. The Morgan fingerprint density at radius 3 is 2.26 bits per heavy atom. The van der Waals surface area contributed by atoms with Crippen molar-refractivity contribution in [3.05, 3.63) is 54.6 Å². The van der Waals surface area contributed by atoms with Gasteiger partial charge in [-0.1, -0.05) is 31.0 Å². The highest BCUT2D eigenvalue weighted by atomic mass is 32.2. The molecule has 0 aliphatic heterocycles. The minimum Gasteiger partial charge on any atom is -0.457 e.